The molecule has 2 N–H and O–H groups in total. The predicted molar refractivity (Wildman–Crippen MR) is 126 cm³/mol. The molecule has 6 nitrogen and oxygen atoms in total. The van der Waals surface area contributed by atoms with E-state index in [0.717, 1.165) is 37.3 Å². The highest BCUT2D eigenvalue weighted by Gasteiger charge is 2.40. The van der Waals surface area contributed by atoms with Gasteiger partial charge in [0.25, 0.3) is 5.91 Å². The lowest BCUT2D eigenvalue weighted by molar-refractivity contribution is -0.134. The fourth-order valence-corrected chi connectivity index (χ4v) is 5.30. The van der Waals surface area contributed by atoms with E-state index in [9.17, 15) is 9.59 Å². The van der Waals surface area contributed by atoms with Crippen molar-refractivity contribution in [2.75, 3.05) is 26.2 Å². The molecule has 4 rings (SSSR count). The van der Waals surface area contributed by atoms with Gasteiger partial charge in [0.15, 0.2) is 5.76 Å². The molecule has 3 aliphatic rings. The molecule has 174 valence electrons. The molecule has 4 unspecified atom stereocenters. The van der Waals surface area contributed by atoms with Crippen LogP contribution in [0.3, 0.4) is 0 Å². The normalized spacial score (nSPS) is 29.7. The molecule has 1 aromatic rings. The van der Waals surface area contributed by atoms with Gasteiger partial charge in [0, 0.05) is 24.0 Å². The topological polar surface area (TPSA) is 70.7 Å². The fraction of sp³-hybridized carbons (Fsp3) is 0.600. The molecule has 0 spiro atoms. The number of likely N-dealkylation sites (tertiary alicyclic amines) is 1. The average Bonchev–Trinajstić information content (AvgIpc) is 2.78. The summed E-state index contributed by atoms with van der Waals surface area (Å²) in [4.78, 5) is 27.8. The van der Waals surface area contributed by atoms with E-state index in [2.05, 4.69) is 22.5 Å². The Morgan fingerprint density at radius 2 is 2.16 bits per heavy atom. The Morgan fingerprint density at radius 3 is 2.97 bits per heavy atom. The van der Waals surface area contributed by atoms with Gasteiger partial charge in [-0.15, -0.1) is 0 Å². The zero-order valence-corrected chi connectivity index (χ0v) is 19.6. The van der Waals surface area contributed by atoms with Gasteiger partial charge in [-0.2, -0.15) is 0 Å². The first-order valence-corrected chi connectivity index (χ1v) is 12.3. The van der Waals surface area contributed by atoms with E-state index in [-0.39, 0.29) is 35.6 Å². The van der Waals surface area contributed by atoms with Crippen LogP contribution in [0.15, 0.2) is 30.0 Å². The first kappa shape index (κ1) is 23.1. The number of hydrogen-bond donors (Lipinski definition) is 2. The van der Waals surface area contributed by atoms with Gasteiger partial charge in [0.05, 0.1) is 6.04 Å². The third-order valence-corrected chi connectivity index (χ3v) is 7.20. The van der Waals surface area contributed by atoms with E-state index >= 15 is 0 Å². The summed E-state index contributed by atoms with van der Waals surface area (Å²) in [5, 5.41) is 6.74. The summed E-state index contributed by atoms with van der Waals surface area (Å²) in [5.41, 5.74) is 0.754. The van der Waals surface area contributed by atoms with E-state index in [1.54, 1.807) is 12.1 Å². The molecule has 1 aromatic carbocycles. The summed E-state index contributed by atoms with van der Waals surface area (Å²) in [6, 6.07) is 7.23. The van der Waals surface area contributed by atoms with Crippen LogP contribution in [-0.2, 0) is 14.3 Å². The molecule has 7 heteroatoms. The third kappa shape index (κ3) is 5.84. The van der Waals surface area contributed by atoms with Gasteiger partial charge in [0.1, 0.15) is 6.10 Å². The maximum Gasteiger partial charge on any atom is 0.286 e. The van der Waals surface area contributed by atoms with Crippen molar-refractivity contribution in [1.82, 2.24) is 15.5 Å². The van der Waals surface area contributed by atoms with Crippen molar-refractivity contribution in [3.8, 4) is 0 Å². The van der Waals surface area contributed by atoms with Crippen molar-refractivity contribution in [2.24, 2.45) is 11.8 Å². The van der Waals surface area contributed by atoms with Crippen LogP contribution in [0.5, 0.6) is 0 Å². The van der Waals surface area contributed by atoms with E-state index in [1.807, 2.05) is 18.2 Å². The zero-order chi connectivity index (χ0) is 22.5. The van der Waals surface area contributed by atoms with Crippen molar-refractivity contribution in [2.45, 2.75) is 57.6 Å². The summed E-state index contributed by atoms with van der Waals surface area (Å²) in [5.74, 6) is 0.838. The Kier molecular flexibility index (Phi) is 7.74. The number of rotatable bonds is 6. The van der Waals surface area contributed by atoms with Gasteiger partial charge < -0.3 is 20.3 Å². The smallest absolute Gasteiger partial charge is 0.286 e. The maximum atomic E-state index is 12.7. The summed E-state index contributed by atoms with van der Waals surface area (Å²) >= 11 is 6.21. The molecule has 4 atom stereocenters. The number of halogens is 1. The fourth-order valence-electron chi connectivity index (χ4n) is 5.11. The van der Waals surface area contributed by atoms with Crippen molar-refractivity contribution in [1.29, 1.82) is 0 Å². The molecule has 2 aliphatic heterocycles. The third-order valence-electron chi connectivity index (χ3n) is 6.86. The Balaban J connectivity index is 1.23. The largest absolute Gasteiger partial charge is 0.483 e. The first-order valence-electron chi connectivity index (χ1n) is 11.9. The summed E-state index contributed by atoms with van der Waals surface area (Å²) in [7, 11) is 0. The lowest BCUT2D eigenvalue weighted by Gasteiger charge is -2.39. The molecule has 1 saturated carbocycles. The quantitative estimate of drug-likeness (QED) is 0.503. The Bertz CT molecular complexity index is 859. The minimum atomic E-state index is -0.247. The number of piperidine rings is 1. The predicted octanol–water partition coefficient (Wildman–Crippen LogP) is 3.60. The van der Waals surface area contributed by atoms with Crippen LogP contribution in [0.1, 0.15) is 51.0 Å². The lowest BCUT2D eigenvalue weighted by atomic mass is 9.82. The SMILES string of the molecule is CC1CCCN(CCCNC(=O)C2CCC3O/C(=C\c4ccccc4Cl)C(=O)NC3C2)C1. The Labute approximate surface area is 195 Å². The van der Waals surface area contributed by atoms with Gasteiger partial charge >= 0.3 is 0 Å². The number of amides is 2. The van der Waals surface area contributed by atoms with Crippen LogP contribution in [-0.4, -0.2) is 55.0 Å². The van der Waals surface area contributed by atoms with E-state index in [0.29, 0.717) is 18.0 Å². The Hall–Kier alpha value is -2.05. The number of carbonyl (C=O) groups excluding carboxylic acids is 2. The monoisotopic (exact) mass is 459 g/mol. The second-order valence-electron chi connectivity index (χ2n) is 9.47. The van der Waals surface area contributed by atoms with Crippen LogP contribution in [0.2, 0.25) is 5.02 Å². The molecule has 2 amide bonds. The number of nitrogens with zero attached hydrogens (tertiary/aromatic N) is 1. The van der Waals surface area contributed by atoms with E-state index in [4.69, 9.17) is 16.3 Å². The number of morpholine rings is 1. The molecule has 2 saturated heterocycles. The number of ether oxygens (including phenoxy) is 1. The molecule has 32 heavy (non-hydrogen) atoms. The number of benzene rings is 1. The maximum absolute atomic E-state index is 12.7. The van der Waals surface area contributed by atoms with Crippen LogP contribution < -0.4 is 10.6 Å². The van der Waals surface area contributed by atoms with Gasteiger partial charge in [0.2, 0.25) is 5.91 Å². The molecule has 0 radical (unpaired) electrons. The van der Waals surface area contributed by atoms with Crippen LogP contribution in [0, 0.1) is 11.8 Å². The summed E-state index contributed by atoms with van der Waals surface area (Å²) in [6.07, 6.45) is 7.30. The Morgan fingerprint density at radius 1 is 1.31 bits per heavy atom. The van der Waals surface area contributed by atoms with Gasteiger partial charge in [-0.05, 0) is 75.2 Å². The van der Waals surface area contributed by atoms with E-state index in [1.165, 1.54) is 25.9 Å². The van der Waals surface area contributed by atoms with Gasteiger partial charge in [-0.1, -0.05) is 36.7 Å². The molecule has 1 aliphatic carbocycles. The number of nitrogens with one attached hydrogen (secondary N) is 2. The minimum absolute atomic E-state index is 0.0794. The molecule has 0 aromatic heterocycles. The van der Waals surface area contributed by atoms with E-state index < -0.39 is 0 Å². The minimum Gasteiger partial charge on any atom is -0.483 e. The molecule has 3 fully saturated rings. The summed E-state index contributed by atoms with van der Waals surface area (Å²) < 4.78 is 6.02. The van der Waals surface area contributed by atoms with Crippen molar-refractivity contribution in [3.05, 3.63) is 40.6 Å². The van der Waals surface area contributed by atoms with Crippen LogP contribution in [0.25, 0.3) is 6.08 Å². The standard InChI is InChI=1S/C25H34ClN3O3/c1-17-6-4-12-29(16-17)13-5-11-27-24(30)19-9-10-22-21(14-19)28-25(31)23(32-22)15-18-7-2-3-8-20(18)26/h2-3,7-8,15,17,19,21-22H,4-6,9-14,16H2,1H3,(H,27,30)(H,28,31)/b23-15-. The number of fused-ring (bicyclic) bond motifs is 1. The average molecular weight is 460 g/mol. The highest BCUT2D eigenvalue weighted by molar-refractivity contribution is 6.32. The van der Waals surface area contributed by atoms with Crippen LogP contribution in [0.4, 0.5) is 0 Å². The summed E-state index contributed by atoms with van der Waals surface area (Å²) in [6.45, 7) is 6.42. The second kappa shape index (κ2) is 10.7. The second-order valence-corrected chi connectivity index (χ2v) is 9.88. The molecular weight excluding hydrogens is 426 g/mol. The van der Waals surface area contributed by atoms with Gasteiger partial charge in [-0.25, -0.2) is 0 Å². The first-order chi connectivity index (χ1) is 15.5. The highest BCUT2D eigenvalue weighted by atomic mass is 35.5. The van der Waals surface area contributed by atoms with Crippen molar-refractivity contribution >= 4 is 29.5 Å². The lowest BCUT2D eigenvalue weighted by Crippen LogP contribution is -2.54. The molecular formula is C25H34ClN3O3. The molecule has 0 bridgehead atoms. The zero-order valence-electron chi connectivity index (χ0n) is 18.8. The van der Waals surface area contributed by atoms with Crippen molar-refractivity contribution < 1.29 is 14.3 Å². The molecule has 2 heterocycles. The van der Waals surface area contributed by atoms with Crippen LogP contribution >= 0.6 is 11.6 Å². The number of carbonyl (C=O) groups is 2. The highest BCUT2D eigenvalue weighted by Crippen LogP contribution is 2.32. The number of hydrogen-bond acceptors (Lipinski definition) is 4. The van der Waals surface area contributed by atoms with Crippen molar-refractivity contribution in [3.63, 3.8) is 0 Å². The van der Waals surface area contributed by atoms with Gasteiger partial charge in [-0.3, -0.25) is 9.59 Å².